The number of hydrogen-bond acceptors (Lipinski definition) is 5. The minimum absolute atomic E-state index is 0.0433. The molecular formula is C8H13N3O4S. The molecule has 0 aliphatic heterocycles. The summed E-state index contributed by atoms with van der Waals surface area (Å²) in [5, 5.41) is 5.87. The second-order valence-electron chi connectivity index (χ2n) is 2.93. The molecule has 0 aromatic carbocycles. The number of sulfonamides is 1. The SMILES string of the molecule is CCN(CC(=O)OC)S(=O)(=O)c1ccn[nH]1. The third-order valence-electron chi connectivity index (χ3n) is 1.98. The Morgan fingerprint density at radius 1 is 1.62 bits per heavy atom. The molecule has 0 fully saturated rings. The van der Waals surface area contributed by atoms with Crippen molar-refractivity contribution >= 4 is 16.0 Å². The molecule has 0 saturated carbocycles. The van der Waals surface area contributed by atoms with Gasteiger partial charge in [-0.25, -0.2) is 8.42 Å². The van der Waals surface area contributed by atoms with Crippen LogP contribution in [0.4, 0.5) is 0 Å². The normalized spacial score (nSPS) is 11.7. The molecular weight excluding hydrogens is 234 g/mol. The summed E-state index contributed by atoms with van der Waals surface area (Å²) in [6, 6.07) is 1.33. The monoisotopic (exact) mass is 247 g/mol. The van der Waals surface area contributed by atoms with E-state index in [2.05, 4.69) is 14.9 Å². The van der Waals surface area contributed by atoms with E-state index < -0.39 is 16.0 Å². The number of carbonyl (C=O) groups is 1. The number of aromatic amines is 1. The van der Waals surface area contributed by atoms with Crippen LogP contribution in [0.25, 0.3) is 0 Å². The Morgan fingerprint density at radius 3 is 2.75 bits per heavy atom. The molecule has 8 heteroatoms. The summed E-state index contributed by atoms with van der Waals surface area (Å²) in [6.45, 7) is 1.50. The Morgan fingerprint density at radius 2 is 2.31 bits per heavy atom. The lowest BCUT2D eigenvalue weighted by molar-refractivity contribution is -0.140. The van der Waals surface area contributed by atoms with Gasteiger partial charge < -0.3 is 4.74 Å². The number of carbonyl (C=O) groups excluding carboxylic acids is 1. The summed E-state index contributed by atoms with van der Waals surface area (Å²) in [7, 11) is -2.49. The average molecular weight is 247 g/mol. The van der Waals surface area contributed by atoms with E-state index in [0.29, 0.717) is 0 Å². The first-order valence-electron chi connectivity index (χ1n) is 4.58. The molecule has 0 amide bonds. The van der Waals surface area contributed by atoms with Gasteiger partial charge in [-0.1, -0.05) is 6.92 Å². The van der Waals surface area contributed by atoms with Crippen LogP contribution >= 0.6 is 0 Å². The molecule has 0 saturated heterocycles. The molecule has 7 nitrogen and oxygen atoms in total. The van der Waals surface area contributed by atoms with Gasteiger partial charge >= 0.3 is 5.97 Å². The minimum atomic E-state index is -3.70. The van der Waals surface area contributed by atoms with Gasteiger partial charge in [-0.05, 0) is 6.07 Å². The smallest absolute Gasteiger partial charge is 0.321 e. The first-order valence-corrected chi connectivity index (χ1v) is 6.02. The van der Waals surface area contributed by atoms with Crippen LogP contribution in [-0.2, 0) is 19.6 Å². The van der Waals surface area contributed by atoms with Crippen molar-refractivity contribution in [3.63, 3.8) is 0 Å². The van der Waals surface area contributed by atoms with Crippen molar-refractivity contribution < 1.29 is 17.9 Å². The number of ether oxygens (including phenoxy) is 1. The summed E-state index contributed by atoms with van der Waals surface area (Å²) in [4.78, 5) is 11.0. The van der Waals surface area contributed by atoms with Crippen LogP contribution in [-0.4, -0.2) is 49.1 Å². The predicted molar refractivity (Wildman–Crippen MR) is 55.0 cm³/mol. The molecule has 1 N–H and O–H groups in total. The topological polar surface area (TPSA) is 92.4 Å². The lowest BCUT2D eigenvalue weighted by Crippen LogP contribution is -2.36. The minimum Gasteiger partial charge on any atom is -0.468 e. The summed E-state index contributed by atoms with van der Waals surface area (Å²) in [5.41, 5.74) is 0. The molecule has 0 spiro atoms. The van der Waals surface area contributed by atoms with Crippen LogP contribution in [0.1, 0.15) is 6.92 Å². The third kappa shape index (κ3) is 2.58. The van der Waals surface area contributed by atoms with Crippen molar-refractivity contribution in [2.75, 3.05) is 20.2 Å². The number of esters is 1. The van der Waals surface area contributed by atoms with E-state index in [1.165, 1.54) is 19.4 Å². The number of rotatable bonds is 5. The van der Waals surface area contributed by atoms with Crippen molar-refractivity contribution in [2.45, 2.75) is 11.9 Å². The molecule has 90 valence electrons. The van der Waals surface area contributed by atoms with E-state index >= 15 is 0 Å². The van der Waals surface area contributed by atoms with Crippen LogP contribution in [0.5, 0.6) is 0 Å². The van der Waals surface area contributed by atoms with Gasteiger partial charge in [0, 0.05) is 6.54 Å². The third-order valence-corrected chi connectivity index (χ3v) is 3.83. The first-order chi connectivity index (χ1) is 7.52. The zero-order valence-electron chi connectivity index (χ0n) is 9.00. The summed E-state index contributed by atoms with van der Waals surface area (Å²) < 4.78 is 29.3. The average Bonchev–Trinajstić information content (AvgIpc) is 2.78. The second-order valence-corrected chi connectivity index (χ2v) is 4.83. The number of H-pyrrole nitrogens is 1. The maximum absolute atomic E-state index is 11.9. The zero-order chi connectivity index (χ0) is 12.2. The Kier molecular flexibility index (Phi) is 4.02. The zero-order valence-corrected chi connectivity index (χ0v) is 9.82. The van der Waals surface area contributed by atoms with Gasteiger partial charge in [0.05, 0.1) is 13.3 Å². The lowest BCUT2D eigenvalue weighted by Gasteiger charge is -2.17. The Balaban J connectivity index is 2.92. The standard InChI is InChI=1S/C8H13N3O4S/c1-3-11(6-8(12)15-2)16(13,14)7-4-5-9-10-7/h4-5H,3,6H2,1-2H3,(H,9,10). The summed E-state index contributed by atoms with van der Waals surface area (Å²) >= 11 is 0. The van der Waals surface area contributed by atoms with Gasteiger partial charge in [-0.15, -0.1) is 0 Å². The number of hydrogen-bond donors (Lipinski definition) is 1. The molecule has 0 aliphatic carbocycles. The van der Waals surface area contributed by atoms with Crippen LogP contribution < -0.4 is 0 Å². The number of methoxy groups -OCH3 is 1. The number of nitrogens with one attached hydrogen (secondary N) is 1. The van der Waals surface area contributed by atoms with E-state index in [1.54, 1.807) is 6.92 Å². The largest absolute Gasteiger partial charge is 0.468 e. The van der Waals surface area contributed by atoms with E-state index in [4.69, 9.17) is 0 Å². The van der Waals surface area contributed by atoms with Crippen LogP contribution in [0.2, 0.25) is 0 Å². The van der Waals surface area contributed by atoms with Crippen molar-refractivity contribution in [3.8, 4) is 0 Å². The fourth-order valence-electron chi connectivity index (χ4n) is 1.10. The molecule has 0 radical (unpaired) electrons. The summed E-state index contributed by atoms with van der Waals surface area (Å²) in [5.74, 6) is -0.607. The van der Waals surface area contributed by atoms with Crippen LogP contribution in [0.3, 0.4) is 0 Å². The molecule has 1 rings (SSSR count). The van der Waals surface area contributed by atoms with Crippen molar-refractivity contribution in [2.24, 2.45) is 0 Å². The molecule has 0 bridgehead atoms. The van der Waals surface area contributed by atoms with Gasteiger partial charge in [0.2, 0.25) is 0 Å². The Hall–Kier alpha value is -1.41. The lowest BCUT2D eigenvalue weighted by atomic mass is 10.6. The Bertz CT molecular complexity index is 440. The molecule has 1 heterocycles. The fraction of sp³-hybridized carbons (Fsp3) is 0.500. The van der Waals surface area contributed by atoms with Gasteiger partial charge in [0.15, 0.2) is 5.03 Å². The Labute approximate surface area is 93.4 Å². The highest BCUT2D eigenvalue weighted by molar-refractivity contribution is 7.89. The fourth-order valence-corrected chi connectivity index (χ4v) is 2.40. The number of likely N-dealkylation sites (N-methyl/N-ethyl adjacent to an activating group) is 1. The van der Waals surface area contributed by atoms with Crippen molar-refractivity contribution in [1.29, 1.82) is 0 Å². The van der Waals surface area contributed by atoms with Crippen LogP contribution in [0, 0.1) is 0 Å². The van der Waals surface area contributed by atoms with Crippen molar-refractivity contribution in [3.05, 3.63) is 12.3 Å². The maximum atomic E-state index is 11.9. The van der Waals surface area contributed by atoms with Gasteiger partial charge in [0.1, 0.15) is 6.54 Å². The molecule has 0 unspecified atom stereocenters. The molecule has 1 aromatic rings. The first kappa shape index (κ1) is 12.7. The highest BCUT2D eigenvalue weighted by atomic mass is 32.2. The highest BCUT2D eigenvalue weighted by Crippen LogP contribution is 2.11. The van der Waals surface area contributed by atoms with E-state index in [1.807, 2.05) is 0 Å². The highest BCUT2D eigenvalue weighted by Gasteiger charge is 2.26. The summed E-state index contributed by atoms with van der Waals surface area (Å²) in [6.07, 6.45) is 1.33. The maximum Gasteiger partial charge on any atom is 0.321 e. The number of aromatic nitrogens is 2. The second kappa shape index (κ2) is 5.08. The van der Waals surface area contributed by atoms with Gasteiger partial charge in [-0.3, -0.25) is 9.89 Å². The van der Waals surface area contributed by atoms with E-state index in [0.717, 1.165) is 4.31 Å². The predicted octanol–water partition coefficient (Wildman–Crippen LogP) is -0.407. The molecule has 1 aromatic heterocycles. The van der Waals surface area contributed by atoms with Crippen LogP contribution in [0.15, 0.2) is 17.3 Å². The van der Waals surface area contributed by atoms with E-state index in [9.17, 15) is 13.2 Å². The van der Waals surface area contributed by atoms with Gasteiger partial charge in [-0.2, -0.15) is 9.40 Å². The molecule has 0 aliphatic rings. The molecule has 16 heavy (non-hydrogen) atoms. The quantitative estimate of drug-likeness (QED) is 0.714. The van der Waals surface area contributed by atoms with Crippen molar-refractivity contribution in [1.82, 2.24) is 14.5 Å². The van der Waals surface area contributed by atoms with E-state index in [-0.39, 0.29) is 18.1 Å². The van der Waals surface area contributed by atoms with Gasteiger partial charge in [0.25, 0.3) is 10.0 Å². The number of nitrogens with zero attached hydrogens (tertiary/aromatic N) is 2. The molecule has 0 atom stereocenters.